The molecule has 0 aliphatic heterocycles. The summed E-state index contributed by atoms with van der Waals surface area (Å²) in [6, 6.07) is 3.94. The van der Waals surface area contributed by atoms with Crippen LogP contribution in [0.1, 0.15) is 18.2 Å². The monoisotopic (exact) mass is 161 g/mol. The molecule has 0 bridgehead atoms. The molecule has 12 heavy (non-hydrogen) atoms. The van der Waals surface area contributed by atoms with Crippen molar-refractivity contribution in [2.45, 2.75) is 20.3 Å². The number of hydrogen-bond acceptors (Lipinski definition) is 2. The number of hydrogen-bond donors (Lipinski definition) is 0. The number of fused-ring (bicyclic) bond motifs is 1. The van der Waals surface area contributed by atoms with Gasteiger partial charge in [0.2, 0.25) is 0 Å². The third kappa shape index (κ3) is 0.998. The second-order valence-electron chi connectivity index (χ2n) is 2.91. The molecular formula is C10H11NO. The minimum atomic E-state index is 0.879. The van der Waals surface area contributed by atoms with Crippen molar-refractivity contribution in [2.24, 2.45) is 0 Å². The van der Waals surface area contributed by atoms with Crippen LogP contribution in [0, 0.1) is 6.92 Å². The number of aryl methyl sites for hydroxylation is 2. The summed E-state index contributed by atoms with van der Waals surface area (Å²) in [5.74, 6) is 0. The number of furan rings is 1. The van der Waals surface area contributed by atoms with Crippen LogP contribution in [-0.4, -0.2) is 4.98 Å². The second kappa shape index (κ2) is 2.63. The lowest BCUT2D eigenvalue weighted by Gasteiger charge is -1.99. The Balaban J connectivity index is 2.73. The van der Waals surface area contributed by atoms with Gasteiger partial charge in [0.05, 0.1) is 6.26 Å². The molecule has 0 aliphatic rings. The zero-order valence-corrected chi connectivity index (χ0v) is 7.29. The molecule has 0 spiro atoms. The van der Waals surface area contributed by atoms with Gasteiger partial charge in [-0.05, 0) is 25.0 Å². The maximum Gasteiger partial charge on any atom is 0.152 e. The van der Waals surface area contributed by atoms with Crippen LogP contribution in [0.25, 0.3) is 11.1 Å². The normalized spacial score (nSPS) is 10.8. The van der Waals surface area contributed by atoms with Crippen molar-refractivity contribution in [1.82, 2.24) is 4.98 Å². The van der Waals surface area contributed by atoms with Gasteiger partial charge in [-0.3, -0.25) is 0 Å². The van der Waals surface area contributed by atoms with Crippen molar-refractivity contribution in [3.05, 3.63) is 29.7 Å². The summed E-state index contributed by atoms with van der Waals surface area (Å²) < 4.78 is 5.24. The molecule has 2 rings (SSSR count). The molecule has 2 heterocycles. The Labute approximate surface area is 71.2 Å². The van der Waals surface area contributed by atoms with E-state index in [1.54, 1.807) is 6.26 Å². The molecule has 62 valence electrons. The first-order valence-electron chi connectivity index (χ1n) is 4.15. The van der Waals surface area contributed by atoms with Gasteiger partial charge in [0.1, 0.15) is 5.52 Å². The highest BCUT2D eigenvalue weighted by atomic mass is 16.3. The van der Waals surface area contributed by atoms with Crippen molar-refractivity contribution in [2.75, 3.05) is 0 Å². The lowest BCUT2D eigenvalue weighted by Crippen LogP contribution is -1.90. The predicted molar refractivity (Wildman–Crippen MR) is 48.1 cm³/mol. The highest BCUT2D eigenvalue weighted by molar-refractivity contribution is 5.73. The number of rotatable bonds is 1. The third-order valence-corrected chi connectivity index (χ3v) is 2.07. The van der Waals surface area contributed by atoms with E-state index in [4.69, 9.17) is 4.42 Å². The van der Waals surface area contributed by atoms with Crippen LogP contribution in [0.4, 0.5) is 0 Å². The molecule has 0 aliphatic carbocycles. The first-order chi connectivity index (χ1) is 5.81. The lowest BCUT2D eigenvalue weighted by atomic mass is 10.1. The molecule has 0 fully saturated rings. The zero-order valence-electron chi connectivity index (χ0n) is 7.29. The van der Waals surface area contributed by atoms with Crippen LogP contribution in [0.15, 0.2) is 22.8 Å². The summed E-state index contributed by atoms with van der Waals surface area (Å²) in [5, 5.41) is 0. The van der Waals surface area contributed by atoms with Gasteiger partial charge in [0.15, 0.2) is 5.58 Å². The summed E-state index contributed by atoms with van der Waals surface area (Å²) in [4.78, 5) is 4.46. The summed E-state index contributed by atoms with van der Waals surface area (Å²) >= 11 is 0. The number of aromatic nitrogens is 1. The van der Waals surface area contributed by atoms with Gasteiger partial charge in [0, 0.05) is 11.8 Å². The molecule has 0 saturated heterocycles. The van der Waals surface area contributed by atoms with Crippen LogP contribution in [0.5, 0.6) is 0 Å². The molecule has 2 nitrogen and oxygen atoms in total. The minimum absolute atomic E-state index is 0.879. The van der Waals surface area contributed by atoms with E-state index in [-0.39, 0.29) is 0 Å². The van der Waals surface area contributed by atoms with Gasteiger partial charge in [-0.2, -0.15) is 0 Å². The molecule has 2 aromatic heterocycles. The Morgan fingerprint density at radius 1 is 1.50 bits per heavy atom. The Morgan fingerprint density at radius 3 is 3.08 bits per heavy atom. The van der Waals surface area contributed by atoms with E-state index in [0.717, 1.165) is 23.2 Å². The van der Waals surface area contributed by atoms with Crippen molar-refractivity contribution >= 4 is 11.1 Å². The van der Waals surface area contributed by atoms with Gasteiger partial charge < -0.3 is 4.42 Å². The van der Waals surface area contributed by atoms with Gasteiger partial charge in [-0.1, -0.05) is 6.92 Å². The van der Waals surface area contributed by atoms with Crippen LogP contribution in [0.2, 0.25) is 0 Å². The smallest absolute Gasteiger partial charge is 0.152 e. The highest BCUT2D eigenvalue weighted by Crippen LogP contribution is 2.17. The Kier molecular flexibility index (Phi) is 1.61. The van der Waals surface area contributed by atoms with E-state index in [0.29, 0.717) is 0 Å². The molecular weight excluding hydrogens is 150 g/mol. The topological polar surface area (TPSA) is 26.0 Å². The summed E-state index contributed by atoms with van der Waals surface area (Å²) in [5.41, 5.74) is 4.20. The van der Waals surface area contributed by atoms with E-state index in [9.17, 15) is 0 Å². The maximum atomic E-state index is 5.24. The fourth-order valence-corrected chi connectivity index (χ4v) is 1.39. The molecule has 0 aromatic carbocycles. The Hall–Kier alpha value is -1.31. The standard InChI is InChI=1S/C10H11NO/c1-3-8-7(2)6-10-9(11-8)4-5-12-10/h4-6H,3H2,1-2H3. The molecule has 2 heteroatoms. The number of nitrogens with zero attached hydrogens (tertiary/aromatic N) is 1. The van der Waals surface area contributed by atoms with Crippen molar-refractivity contribution in [3.8, 4) is 0 Å². The molecule has 0 atom stereocenters. The second-order valence-corrected chi connectivity index (χ2v) is 2.91. The van der Waals surface area contributed by atoms with E-state index < -0.39 is 0 Å². The van der Waals surface area contributed by atoms with Crippen molar-refractivity contribution < 1.29 is 4.42 Å². The van der Waals surface area contributed by atoms with E-state index >= 15 is 0 Å². The van der Waals surface area contributed by atoms with E-state index in [1.807, 2.05) is 12.1 Å². The van der Waals surface area contributed by atoms with Crippen molar-refractivity contribution in [1.29, 1.82) is 0 Å². The fourth-order valence-electron chi connectivity index (χ4n) is 1.39. The van der Waals surface area contributed by atoms with E-state index in [1.165, 1.54) is 5.56 Å². The quantitative estimate of drug-likeness (QED) is 0.642. The minimum Gasteiger partial charge on any atom is -0.463 e. The average Bonchev–Trinajstić information content (AvgIpc) is 2.49. The lowest BCUT2D eigenvalue weighted by molar-refractivity contribution is 0.615. The van der Waals surface area contributed by atoms with Crippen LogP contribution < -0.4 is 0 Å². The maximum absolute atomic E-state index is 5.24. The van der Waals surface area contributed by atoms with Gasteiger partial charge >= 0.3 is 0 Å². The third-order valence-electron chi connectivity index (χ3n) is 2.07. The van der Waals surface area contributed by atoms with Crippen LogP contribution in [0.3, 0.4) is 0 Å². The van der Waals surface area contributed by atoms with E-state index in [2.05, 4.69) is 18.8 Å². The highest BCUT2D eigenvalue weighted by Gasteiger charge is 2.02. The first kappa shape index (κ1) is 7.35. The Bertz CT molecular complexity index is 403. The molecule has 0 saturated carbocycles. The largest absolute Gasteiger partial charge is 0.463 e. The average molecular weight is 161 g/mol. The van der Waals surface area contributed by atoms with Gasteiger partial charge in [-0.15, -0.1) is 0 Å². The van der Waals surface area contributed by atoms with Gasteiger partial charge in [0.25, 0.3) is 0 Å². The van der Waals surface area contributed by atoms with Crippen LogP contribution in [-0.2, 0) is 6.42 Å². The molecule has 0 radical (unpaired) electrons. The molecule has 0 N–H and O–H groups in total. The fraction of sp³-hybridized carbons (Fsp3) is 0.300. The molecule has 0 amide bonds. The molecule has 0 unspecified atom stereocenters. The predicted octanol–water partition coefficient (Wildman–Crippen LogP) is 2.70. The summed E-state index contributed by atoms with van der Waals surface area (Å²) in [6.45, 7) is 4.18. The van der Waals surface area contributed by atoms with Crippen molar-refractivity contribution in [3.63, 3.8) is 0 Å². The zero-order chi connectivity index (χ0) is 8.55. The Morgan fingerprint density at radius 2 is 2.33 bits per heavy atom. The summed E-state index contributed by atoms with van der Waals surface area (Å²) in [7, 11) is 0. The first-order valence-corrected chi connectivity index (χ1v) is 4.15. The SMILES string of the molecule is CCc1nc2ccoc2cc1C. The molecule has 2 aromatic rings. The number of pyridine rings is 1. The van der Waals surface area contributed by atoms with Gasteiger partial charge in [-0.25, -0.2) is 4.98 Å². The van der Waals surface area contributed by atoms with Crippen LogP contribution >= 0.6 is 0 Å². The summed E-state index contributed by atoms with van der Waals surface area (Å²) in [6.07, 6.45) is 2.66.